The number of nitrogens with one attached hydrogen (secondary N) is 1. The Bertz CT molecular complexity index is 1140. The van der Waals surface area contributed by atoms with E-state index in [1.54, 1.807) is 12.1 Å². The van der Waals surface area contributed by atoms with Gasteiger partial charge in [-0.05, 0) is 43.7 Å². The lowest BCUT2D eigenvalue weighted by atomic mass is 10.2. The Balaban J connectivity index is 1.80. The van der Waals surface area contributed by atoms with Crippen LogP contribution in [0.3, 0.4) is 0 Å². The number of hydrogen-bond acceptors (Lipinski definition) is 3. The predicted octanol–water partition coefficient (Wildman–Crippen LogP) is 5.44. The van der Waals surface area contributed by atoms with Crippen molar-refractivity contribution >= 4 is 28.5 Å². The molecule has 0 atom stereocenters. The minimum atomic E-state index is -0.236. The number of nitrogens with zero attached hydrogens (tertiary/aromatic N) is 3. The summed E-state index contributed by atoms with van der Waals surface area (Å²) >= 11 is 6.17. The zero-order chi connectivity index (χ0) is 19.0. The van der Waals surface area contributed by atoms with E-state index >= 15 is 0 Å². The van der Waals surface area contributed by atoms with Crippen LogP contribution in [0.15, 0.2) is 54.9 Å². The summed E-state index contributed by atoms with van der Waals surface area (Å²) in [6.07, 6.45) is 1.52. The molecule has 4 aromatic rings. The molecule has 0 aliphatic carbocycles. The molecule has 1 N–H and O–H groups in total. The van der Waals surface area contributed by atoms with E-state index in [4.69, 9.17) is 11.6 Å². The summed E-state index contributed by atoms with van der Waals surface area (Å²) in [6.45, 7) is 4.43. The van der Waals surface area contributed by atoms with Gasteiger partial charge in [-0.25, -0.2) is 14.4 Å². The minimum Gasteiger partial charge on any atom is -0.365 e. The zero-order valence-corrected chi connectivity index (χ0v) is 15.8. The Hall–Kier alpha value is -2.92. The van der Waals surface area contributed by atoms with Crippen LogP contribution in [0.1, 0.15) is 16.8 Å². The normalized spacial score (nSPS) is 11.1. The van der Waals surface area contributed by atoms with Crippen LogP contribution in [-0.4, -0.2) is 14.5 Å². The van der Waals surface area contributed by atoms with Crippen molar-refractivity contribution in [3.8, 4) is 5.69 Å². The van der Waals surface area contributed by atoms with Crippen molar-refractivity contribution < 1.29 is 4.39 Å². The molecule has 2 aromatic heterocycles. The first-order valence-electron chi connectivity index (χ1n) is 8.62. The van der Waals surface area contributed by atoms with Crippen molar-refractivity contribution in [2.24, 2.45) is 0 Å². The molecule has 0 aliphatic heterocycles. The summed E-state index contributed by atoms with van der Waals surface area (Å²) in [4.78, 5) is 8.89. The van der Waals surface area contributed by atoms with Crippen LogP contribution in [0.5, 0.6) is 0 Å². The Kier molecular flexibility index (Phi) is 4.54. The van der Waals surface area contributed by atoms with Crippen LogP contribution < -0.4 is 5.32 Å². The lowest BCUT2D eigenvalue weighted by Crippen LogP contribution is -2.04. The van der Waals surface area contributed by atoms with Crippen molar-refractivity contribution in [3.63, 3.8) is 0 Å². The molecule has 0 amide bonds. The highest BCUT2D eigenvalue weighted by Crippen LogP contribution is 2.32. The fourth-order valence-corrected chi connectivity index (χ4v) is 3.47. The molecule has 4 nitrogen and oxygen atoms in total. The second kappa shape index (κ2) is 7.00. The van der Waals surface area contributed by atoms with Crippen LogP contribution in [0, 0.1) is 19.7 Å². The van der Waals surface area contributed by atoms with E-state index in [0.717, 1.165) is 28.0 Å². The van der Waals surface area contributed by atoms with Crippen molar-refractivity contribution in [1.29, 1.82) is 0 Å². The molecular formula is C21H18ClFN4. The quantitative estimate of drug-likeness (QED) is 0.512. The molecule has 2 aromatic carbocycles. The van der Waals surface area contributed by atoms with E-state index in [9.17, 15) is 4.39 Å². The third-order valence-electron chi connectivity index (χ3n) is 4.76. The van der Waals surface area contributed by atoms with Crippen molar-refractivity contribution in [3.05, 3.63) is 82.5 Å². The maximum Gasteiger partial charge on any atom is 0.150 e. The standard InChI is InChI=1S/C21H18ClFN4/c1-13-14(2)27(17-8-5-7-16(22)10-17)21-19(13)20(25-12-26-21)24-11-15-6-3-4-9-18(15)23/h3-10,12H,11H2,1-2H3,(H,24,25,26). The average molecular weight is 381 g/mol. The van der Waals surface area contributed by atoms with Gasteiger partial charge in [0.1, 0.15) is 18.0 Å². The molecule has 4 rings (SSSR count). The second-order valence-electron chi connectivity index (χ2n) is 6.39. The van der Waals surface area contributed by atoms with Crippen LogP contribution in [0.2, 0.25) is 5.02 Å². The van der Waals surface area contributed by atoms with Crippen LogP contribution in [0.25, 0.3) is 16.7 Å². The molecule has 0 radical (unpaired) electrons. The Labute approximate surface area is 161 Å². The topological polar surface area (TPSA) is 42.7 Å². The van der Waals surface area contributed by atoms with E-state index in [1.807, 2.05) is 44.2 Å². The first-order chi connectivity index (χ1) is 13.1. The highest BCUT2D eigenvalue weighted by Gasteiger charge is 2.17. The molecule has 0 saturated carbocycles. The predicted molar refractivity (Wildman–Crippen MR) is 107 cm³/mol. The first-order valence-corrected chi connectivity index (χ1v) is 9.00. The Morgan fingerprint density at radius 2 is 1.89 bits per heavy atom. The van der Waals surface area contributed by atoms with Gasteiger partial charge in [0.15, 0.2) is 5.65 Å². The number of rotatable bonds is 4. The van der Waals surface area contributed by atoms with Gasteiger partial charge in [-0.1, -0.05) is 35.9 Å². The van der Waals surface area contributed by atoms with Gasteiger partial charge in [0.2, 0.25) is 0 Å². The molecule has 0 fully saturated rings. The summed E-state index contributed by atoms with van der Waals surface area (Å²) < 4.78 is 16.0. The number of aromatic nitrogens is 3. The maximum absolute atomic E-state index is 13.9. The van der Waals surface area contributed by atoms with E-state index < -0.39 is 0 Å². The number of anilines is 1. The molecule has 6 heteroatoms. The monoisotopic (exact) mass is 380 g/mol. The first kappa shape index (κ1) is 17.5. The van der Waals surface area contributed by atoms with Gasteiger partial charge in [-0.2, -0.15) is 0 Å². The summed E-state index contributed by atoms with van der Waals surface area (Å²) in [5, 5.41) is 4.85. The summed E-state index contributed by atoms with van der Waals surface area (Å²) in [6, 6.07) is 14.4. The highest BCUT2D eigenvalue weighted by atomic mass is 35.5. The van der Waals surface area contributed by atoms with Crippen LogP contribution in [0.4, 0.5) is 10.2 Å². The van der Waals surface area contributed by atoms with E-state index in [2.05, 4.69) is 19.9 Å². The Morgan fingerprint density at radius 1 is 1.07 bits per heavy atom. The molecule has 0 saturated heterocycles. The van der Waals surface area contributed by atoms with E-state index in [1.165, 1.54) is 12.4 Å². The number of benzene rings is 2. The van der Waals surface area contributed by atoms with Crippen molar-refractivity contribution in [2.45, 2.75) is 20.4 Å². The van der Waals surface area contributed by atoms with E-state index in [0.29, 0.717) is 22.9 Å². The maximum atomic E-state index is 13.9. The molecule has 0 aliphatic rings. The zero-order valence-electron chi connectivity index (χ0n) is 15.0. The van der Waals surface area contributed by atoms with Gasteiger partial charge in [-0.15, -0.1) is 0 Å². The van der Waals surface area contributed by atoms with Crippen LogP contribution in [-0.2, 0) is 6.54 Å². The molecule has 0 unspecified atom stereocenters. The van der Waals surface area contributed by atoms with Crippen LogP contribution >= 0.6 is 11.6 Å². The lowest BCUT2D eigenvalue weighted by molar-refractivity contribution is 0.613. The molecule has 0 bridgehead atoms. The van der Waals surface area contributed by atoms with Crippen molar-refractivity contribution in [2.75, 3.05) is 5.32 Å². The lowest BCUT2D eigenvalue weighted by Gasteiger charge is -2.09. The summed E-state index contributed by atoms with van der Waals surface area (Å²) in [5.41, 5.74) is 4.45. The van der Waals surface area contributed by atoms with E-state index in [-0.39, 0.29) is 5.82 Å². The number of fused-ring (bicyclic) bond motifs is 1. The third kappa shape index (κ3) is 3.15. The number of halogens is 2. The van der Waals surface area contributed by atoms with Gasteiger partial charge in [-0.3, -0.25) is 4.57 Å². The van der Waals surface area contributed by atoms with Gasteiger partial charge < -0.3 is 5.32 Å². The fraction of sp³-hybridized carbons (Fsp3) is 0.143. The minimum absolute atomic E-state index is 0.236. The average Bonchev–Trinajstić information content (AvgIpc) is 2.92. The van der Waals surface area contributed by atoms with Gasteiger partial charge >= 0.3 is 0 Å². The Morgan fingerprint density at radius 3 is 2.67 bits per heavy atom. The summed E-state index contributed by atoms with van der Waals surface area (Å²) in [7, 11) is 0. The SMILES string of the molecule is Cc1c(C)n(-c2cccc(Cl)c2)c2ncnc(NCc3ccccc3F)c12. The summed E-state index contributed by atoms with van der Waals surface area (Å²) in [5.74, 6) is 0.448. The van der Waals surface area contributed by atoms with Crippen molar-refractivity contribution in [1.82, 2.24) is 14.5 Å². The highest BCUT2D eigenvalue weighted by molar-refractivity contribution is 6.30. The smallest absolute Gasteiger partial charge is 0.150 e. The molecule has 0 spiro atoms. The molecule has 27 heavy (non-hydrogen) atoms. The van der Waals surface area contributed by atoms with Gasteiger partial charge in [0.05, 0.1) is 5.39 Å². The number of hydrogen-bond donors (Lipinski definition) is 1. The molecule has 2 heterocycles. The number of aryl methyl sites for hydroxylation is 1. The second-order valence-corrected chi connectivity index (χ2v) is 6.83. The largest absolute Gasteiger partial charge is 0.365 e. The molecular weight excluding hydrogens is 363 g/mol. The van der Waals surface area contributed by atoms with Gasteiger partial charge in [0.25, 0.3) is 0 Å². The third-order valence-corrected chi connectivity index (χ3v) is 5.00. The molecule has 136 valence electrons. The van der Waals surface area contributed by atoms with Gasteiger partial charge in [0, 0.05) is 28.5 Å². The fourth-order valence-electron chi connectivity index (χ4n) is 3.28.